The lowest BCUT2D eigenvalue weighted by Gasteiger charge is -2.16. The summed E-state index contributed by atoms with van der Waals surface area (Å²) in [5.41, 5.74) is 0.714. The van der Waals surface area contributed by atoms with Crippen molar-refractivity contribution in [3.05, 3.63) is 50.4 Å². The Morgan fingerprint density at radius 3 is 2.48 bits per heavy atom. The van der Waals surface area contributed by atoms with E-state index in [1.54, 1.807) is 18.2 Å². The van der Waals surface area contributed by atoms with Crippen molar-refractivity contribution >= 4 is 48.9 Å². The Bertz CT molecular complexity index is 731. The van der Waals surface area contributed by atoms with Gasteiger partial charge in [0.05, 0.1) is 9.67 Å². The molecular weight excluding hydrogens is 401 g/mol. The van der Waals surface area contributed by atoms with Crippen LogP contribution >= 0.6 is 38.9 Å². The minimum Gasteiger partial charge on any atom is -0.207 e. The minimum atomic E-state index is -3.62. The van der Waals surface area contributed by atoms with Crippen LogP contribution in [0.5, 0.6) is 0 Å². The Kier molecular flexibility index (Phi) is 5.43. The molecule has 1 heterocycles. The molecule has 0 N–H and O–H groups in total. The lowest BCUT2D eigenvalue weighted by Crippen LogP contribution is -2.26. The smallest absolute Gasteiger partial charge is 0.207 e. The quantitative estimate of drug-likeness (QED) is 0.690. The zero-order chi connectivity index (χ0) is 15.6. The fourth-order valence-corrected chi connectivity index (χ4v) is 5.62. The van der Waals surface area contributed by atoms with Crippen molar-refractivity contribution < 1.29 is 12.8 Å². The zero-order valence-corrected chi connectivity index (χ0v) is 15.0. The summed E-state index contributed by atoms with van der Waals surface area (Å²) >= 11 is 10.3. The van der Waals surface area contributed by atoms with Crippen molar-refractivity contribution in [2.45, 2.75) is 17.3 Å². The monoisotopic (exact) mass is 411 g/mol. The molecule has 0 unspecified atom stereocenters. The van der Waals surface area contributed by atoms with E-state index in [4.69, 9.17) is 11.6 Å². The maximum absolute atomic E-state index is 12.9. The summed E-state index contributed by atoms with van der Waals surface area (Å²) in [4.78, 5) is 0.977. The fraction of sp³-hybridized carbons (Fsp3) is 0.231. The van der Waals surface area contributed by atoms with E-state index >= 15 is 0 Å². The molecule has 0 saturated heterocycles. The van der Waals surface area contributed by atoms with Gasteiger partial charge < -0.3 is 0 Å². The van der Waals surface area contributed by atoms with Crippen molar-refractivity contribution in [3.63, 3.8) is 0 Å². The van der Waals surface area contributed by atoms with Crippen molar-refractivity contribution in [3.8, 4) is 0 Å². The molecule has 21 heavy (non-hydrogen) atoms. The molecule has 0 aliphatic carbocycles. The molecule has 0 aliphatic rings. The van der Waals surface area contributed by atoms with Crippen LogP contribution in [0.15, 0.2) is 39.0 Å². The van der Waals surface area contributed by atoms with Gasteiger partial charge in [-0.3, -0.25) is 0 Å². The van der Waals surface area contributed by atoms with E-state index < -0.39 is 10.0 Å². The Hall–Kier alpha value is -0.470. The maximum Gasteiger partial charge on any atom is 0.245 e. The van der Waals surface area contributed by atoms with Crippen LogP contribution in [-0.2, 0) is 22.4 Å². The Morgan fingerprint density at radius 2 is 1.95 bits per heavy atom. The van der Waals surface area contributed by atoms with Gasteiger partial charge in [-0.1, -0.05) is 12.1 Å². The lowest BCUT2D eigenvalue weighted by atomic mass is 10.2. The lowest BCUT2D eigenvalue weighted by molar-refractivity contribution is 0.466. The number of sulfonamides is 1. The Labute approximate surface area is 140 Å². The van der Waals surface area contributed by atoms with E-state index in [9.17, 15) is 12.8 Å². The standard InChI is InChI=1S/C13H12BrClFNO2S2/c1-17(8-9-2-4-10(16)5-3-9)21(18,19)12-6-11(7-15)20-13(12)14/h2-6H,7-8H2,1H3. The SMILES string of the molecule is CN(Cc1ccc(F)cc1)S(=O)(=O)c1cc(CCl)sc1Br. The summed E-state index contributed by atoms with van der Waals surface area (Å²) in [7, 11) is -2.13. The molecule has 1 aromatic heterocycles. The fourth-order valence-electron chi connectivity index (χ4n) is 1.74. The van der Waals surface area contributed by atoms with Crippen LogP contribution in [0.4, 0.5) is 4.39 Å². The van der Waals surface area contributed by atoms with Crippen molar-refractivity contribution in [1.29, 1.82) is 0 Å². The molecule has 3 nitrogen and oxygen atoms in total. The normalized spacial score (nSPS) is 12.0. The van der Waals surface area contributed by atoms with Crippen LogP contribution in [0.3, 0.4) is 0 Å². The third-order valence-electron chi connectivity index (χ3n) is 2.84. The number of hydrogen-bond donors (Lipinski definition) is 0. The number of thiophene rings is 1. The number of hydrogen-bond acceptors (Lipinski definition) is 3. The van der Waals surface area contributed by atoms with E-state index in [2.05, 4.69) is 15.9 Å². The van der Waals surface area contributed by atoms with Crippen molar-refractivity contribution in [2.24, 2.45) is 0 Å². The van der Waals surface area contributed by atoms with Gasteiger partial charge in [0.25, 0.3) is 0 Å². The summed E-state index contributed by atoms with van der Waals surface area (Å²) in [6, 6.07) is 7.31. The van der Waals surface area contributed by atoms with E-state index in [1.807, 2.05) is 0 Å². The first-order valence-electron chi connectivity index (χ1n) is 5.89. The first kappa shape index (κ1) is 16.9. The van der Waals surface area contributed by atoms with Gasteiger partial charge in [0, 0.05) is 18.5 Å². The van der Waals surface area contributed by atoms with E-state index in [1.165, 1.54) is 34.8 Å². The van der Waals surface area contributed by atoms with Crippen LogP contribution in [0.2, 0.25) is 0 Å². The maximum atomic E-state index is 12.9. The second-order valence-corrected chi connectivity index (χ2v) is 9.11. The molecular formula is C13H12BrClFNO2S2. The molecule has 0 spiro atoms. The van der Waals surface area contributed by atoms with Crippen LogP contribution < -0.4 is 0 Å². The molecule has 0 bridgehead atoms. The number of nitrogens with zero attached hydrogens (tertiary/aromatic N) is 1. The van der Waals surface area contributed by atoms with Gasteiger partial charge in [-0.25, -0.2) is 12.8 Å². The summed E-state index contributed by atoms with van der Waals surface area (Å²) in [6.45, 7) is 0.168. The predicted molar refractivity (Wildman–Crippen MR) is 86.6 cm³/mol. The van der Waals surface area contributed by atoms with Crippen LogP contribution in [0, 0.1) is 5.82 Å². The average Bonchev–Trinajstić information content (AvgIpc) is 2.83. The van der Waals surface area contributed by atoms with Gasteiger partial charge in [0.2, 0.25) is 10.0 Å². The van der Waals surface area contributed by atoms with Crippen LogP contribution in [-0.4, -0.2) is 19.8 Å². The van der Waals surface area contributed by atoms with E-state index in [0.717, 1.165) is 4.88 Å². The molecule has 0 amide bonds. The van der Waals surface area contributed by atoms with E-state index in [0.29, 0.717) is 9.35 Å². The zero-order valence-electron chi connectivity index (χ0n) is 11.0. The summed E-state index contributed by atoms with van der Waals surface area (Å²) < 4.78 is 39.7. The Balaban J connectivity index is 2.25. The number of benzene rings is 1. The third kappa shape index (κ3) is 3.84. The molecule has 1 aromatic carbocycles. The summed E-state index contributed by atoms with van der Waals surface area (Å²) in [5, 5.41) is 0. The molecule has 8 heteroatoms. The molecule has 2 rings (SSSR count). The number of halogens is 3. The molecule has 0 fully saturated rings. The van der Waals surface area contributed by atoms with E-state index in [-0.39, 0.29) is 23.1 Å². The largest absolute Gasteiger partial charge is 0.245 e. The second-order valence-electron chi connectivity index (χ2n) is 4.37. The highest BCUT2D eigenvalue weighted by atomic mass is 79.9. The number of alkyl halides is 1. The van der Waals surface area contributed by atoms with Gasteiger partial charge in [0.15, 0.2) is 0 Å². The first-order chi connectivity index (χ1) is 9.84. The highest BCUT2D eigenvalue weighted by Crippen LogP contribution is 2.34. The van der Waals surface area contributed by atoms with Gasteiger partial charge >= 0.3 is 0 Å². The third-order valence-corrected chi connectivity index (χ3v) is 7.35. The predicted octanol–water partition coefficient (Wildman–Crippen LogP) is 4.21. The average molecular weight is 413 g/mol. The first-order valence-corrected chi connectivity index (χ1v) is 9.48. The molecule has 114 valence electrons. The van der Waals surface area contributed by atoms with Crippen LogP contribution in [0.25, 0.3) is 0 Å². The second kappa shape index (κ2) is 6.75. The highest BCUT2D eigenvalue weighted by molar-refractivity contribution is 9.11. The molecule has 0 aliphatic heterocycles. The Morgan fingerprint density at radius 1 is 1.33 bits per heavy atom. The summed E-state index contributed by atoms with van der Waals surface area (Å²) in [5.74, 6) is -0.0860. The van der Waals surface area contributed by atoms with Crippen molar-refractivity contribution in [2.75, 3.05) is 7.05 Å². The number of rotatable bonds is 5. The van der Waals surface area contributed by atoms with Crippen molar-refractivity contribution in [1.82, 2.24) is 4.31 Å². The molecule has 2 aromatic rings. The van der Waals surface area contributed by atoms with Gasteiger partial charge in [0.1, 0.15) is 10.7 Å². The van der Waals surface area contributed by atoms with Crippen LogP contribution in [0.1, 0.15) is 10.4 Å². The van der Waals surface area contributed by atoms with Gasteiger partial charge in [-0.2, -0.15) is 4.31 Å². The highest BCUT2D eigenvalue weighted by Gasteiger charge is 2.25. The van der Waals surface area contributed by atoms with Gasteiger partial charge in [-0.15, -0.1) is 22.9 Å². The molecule has 0 saturated carbocycles. The van der Waals surface area contributed by atoms with Gasteiger partial charge in [-0.05, 0) is 39.7 Å². The summed E-state index contributed by atoms with van der Waals surface area (Å²) in [6.07, 6.45) is 0. The molecule has 0 atom stereocenters. The minimum absolute atomic E-state index is 0.168. The topological polar surface area (TPSA) is 37.4 Å². The molecule has 0 radical (unpaired) electrons.